The molecule has 3 nitrogen and oxygen atoms in total. The van der Waals surface area contributed by atoms with E-state index in [1.54, 1.807) is 31.4 Å². The predicted octanol–water partition coefficient (Wildman–Crippen LogP) is 5.57. The molecular formula is C25H22O3. The number of methoxy groups -OCH3 is 1. The van der Waals surface area contributed by atoms with E-state index in [0.29, 0.717) is 6.61 Å². The Labute approximate surface area is 165 Å². The Bertz CT molecular complexity index is 955. The van der Waals surface area contributed by atoms with Crippen LogP contribution < -0.4 is 9.47 Å². The molecule has 0 radical (unpaired) electrons. The number of hydrogen-bond donors (Lipinski definition) is 0. The van der Waals surface area contributed by atoms with Crippen molar-refractivity contribution in [3.63, 3.8) is 0 Å². The summed E-state index contributed by atoms with van der Waals surface area (Å²) in [5.74, 6) is 1.44. The van der Waals surface area contributed by atoms with Gasteiger partial charge in [0.25, 0.3) is 0 Å². The quantitative estimate of drug-likeness (QED) is 0.486. The first-order valence-electron chi connectivity index (χ1n) is 9.04. The lowest BCUT2D eigenvalue weighted by Gasteiger charge is -2.09. The molecule has 0 bridgehead atoms. The van der Waals surface area contributed by atoms with Gasteiger partial charge < -0.3 is 9.47 Å². The van der Waals surface area contributed by atoms with Gasteiger partial charge in [0.05, 0.1) is 7.11 Å². The Morgan fingerprint density at radius 2 is 1.50 bits per heavy atom. The molecule has 3 aromatic carbocycles. The van der Waals surface area contributed by atoms with Crippen LogP contribution in [0, 0.1) is 0 Å². The van der Waals surface area contributed by atoms with Gasteiger partial charge in [-0.15, -0.1) is 0 Å². The smallest absolute Gasteiger partial charge is 0.178 e. The summed E-state index contributed by atoms with van der Waals surface area (Å²) in [7, 11) is 1.63. The van der Waals surface area contributed by atoms with Crippen LogP contribution in [0.25, 0.3) is 12.2 Å². The number of benzene rings is 3. The Hall–Kier alpha value is -3.59. The molecule has 0 saturated heterocycles. The second kappa shape index (κ2) is 9.93. The lowest BCUT2D eigenvalue weighted by atomic mass is 10.1. The fourth-order valence-corrected chi connectivity index (χ4v) is 2.61. The minimum atomic E-state index is -0.0892. The van der Waals surface area contributed by atoms with Gasteiger partial charge in [-0.25, -0.2) is 0 Å². The summed E-state index contributed by atoms with van der Waals surface area (Å²) in [6.07, 6.45) is 6.65. The van der Waals surface area contributed by atoms with Gasteiger partial charge >= 0.3 is 0 Å². The molecule has 0 aliphatic heterocycles. The minimum absolute atomic E-state index is 0.0892. The van der Waals surface area contributed by atoms with Gasteiger partial charge in [0.2, 0.25) is 0 Å². The molecule has 0 spiro atoms. The lowest BCUT2D eigenvalue weighted by Crippen LogP contribution is -1.96. The molecule has 0 heterocycles. The zero-order valence-corrected chi connectivity index (χ0v) is 15.7. The highest BCUT2D eigenvalue weighted by Gasteiger charge is 2.01. The molecule has 0 atom stereocenters. The molecule has 0 aliphatic rings. The van der Waals surface area contributed by atoms with Crippen LogP contribution >= 0.6 is 0 Å². The monoisotopic (exact) mass is 370 g/mol. The molecule has 0 amide bonds. The standard InChI is InChI=1S/C25H22O3/c1-27-24-17-12-20(13-18-24)11-15-23(26)16-14-22-9-5-6-10-25(22)28-19-21-7-3-2-4-8-21/h2-18H,19H2,1H3. The number of ketones is 1. The van der Waals surface area contributed by atoms with Crippen LogP contribution in [0.2, 0.25) is 0 Å². The molecule has 0 unspecified atom stereocenters. The summed E-state index contributed by atoms with van der Waals surface area (Å²) < 4.78 is 11.0. The average molecular weight is 370 g/mol. The number of para-hydroxylation sites is 1. The number of rotatable bonds is 8. The Morgan fingerprint density at radius 1 is 0.821 bits per heavy atom. The number of hydrogen-bond acceptors (Lipinski definition) is 3. The second-order valence-electron chi connectivity index (χ2n) is 6.15. The zero-order valence-electron chi connectivity index (χ0n) is 15.7. The minimum Gasteiger partial charge on any atom is -0.497 e. The third-order valence-electron chi connectivity index (χ3n) is 4.14. The van der Waals surface area contributed by atoms with Crippen molar-refractivity contribution >= 4 is 17.9 Å². The second-order valence-corrected chi connectivity index (χ2v) is 6.15. The molecule has 28 heavy (non-hydrogen) atoms. The normalized spacial score (nSPS) is 11.0. The first-order valence-corrected chi connectivity index (χ1v) is 9.04. The molecule has 140 valence electrons. The van der Waals surface area contributed by atoms with Crippen molar-refractivity contribution in [1.29, 1.82) is 0 Å². The van der Waals surface area contributed by atoms with Crippen molar-refractivity contribution in [3.05, 3.63) is 108 Å². The Balaban J connectivity index is 1.62. The van der Waals surface area contributed by atoms with E-state index in [-0.39, 0.29) is 5.78 Å². The van der Waals surface area contributed by atoms with Crippen LogP contribution in [0.15, 0.2) is 91.0 Å². The molecule has 0 saturated carbocycles. The maximum Gasteiger partial charge on any atom is 0.178 e. The fourth-order valence-electron chi connectivity index (χ4n) is 2.61. The van der Waals surface area contributed by atoms with E-state index in [1.165, 1.54) is 0 Å². The van der Waals surface area contributed by atoms with E-state index < -0.39 is 0 Å². The maximum atomic E-state index is 12.2. The van der Waals surface area contributed by atoms with Gasteiger partial charge in [-0.05, 0) is 47.6 Å². The van der Waals surface area contributed by atoms with Gasteiger partial charge in [-0.1, -0.05) is 66.7 Å². The van der Waals surface area contributed by atoms with Crippen LogP contribution in [-0.4, -0.2) is 12.9 Å². The molecule has 3 aromatic rings. The van der Waals surface area contributed by atoms with Crippen LogP contribution in [0.5, 0.6) is 11.5 Å². The highest BCUT2D eigenvalue weighted by Crippen LogP contribution is 2.21. The van der Waals surface area contributed by atoms with Crippen molar-refractivity contribution in [3.8, 4) is 11.5 Å². The molecule has 0 aliphatic carbocycles. The maximum absolute atomic E-state index is 12.2. The SMILES string of the molecule is COc1ccc(C=CC(=O)C=Cc2ccccc2OCc2ccccc2)cc1. The summed E-state index contributed by atoms with van der Waals surface area (Å²) in [5.41, 5.74) is 2.90. The van der Waals surface area contributed by atoms with Crippen LogP contribution in [0.1, 0.15) is 16.7 Å². The number of allylic oxidation sites excluding steroid dienone is 2. The first-order chi connectivity index (χ1) is 13.7. The largest absolute Gasteiger partial charge is 0.497 e. The number of ether oxygens (including phenoxy) is 2. The zero-order chi connectivity index (χ0) is 19.6. The van der Waals surface area contributed by atoms with Gasteiger partial charge in [-0.2, -0.15) is 0 Å². The lowest BCUT2D eigenvalue weighted by molar-refractivity contribution is -0.110. The summed E-state index contributed by atoms with van der Waals surface area (Å²) in [5, 5.41) is 0. The van der Waals surface area contributed by atoms with Crippen molar-refractivity contribution in [2.75, 3.05) is 7.11 Å². The van der Waals surface area contributed by atoms with E-state index in [2.05, 4.69) is 0 Å². The van der Waals surface area contributed by atoms with Crippen LogP contribution in [0.4, 0.5) is 0 Å². The Kier molecular flexibility index (Phi) is 6.80. The average Bonchev–Trinajstić information content (AvgIpc) is 2.76. The van der Waals surface area contributed by atoms with Crippen molar-refractivity contribution in [2.45, 2.75) is 6.61 Å². The predicted molar refractivity (Wildman–Crippen MR) is 113 cm³/mol. The first kappa shape index (κ1) is 19.2. The van der Waals surface area contributed by atoms with Gasteiger partial charge in [0.15, 0.2) is 5.78 Å². The van der Waals surface area contributed by atoms with E-state index in [9.17, 15) is 4.79 Å². The van der Waals surface area contributed by atoms with Crippen LogP contribution in [0.3, 0.4) is 0 Å². The van der Waals surface area contributed by atoms with E-state index in [4.69, 9.17) is 9.47 Å². The van der Waals surface area contributed by atoms with Gasteiger partial charge in [0.1, 0.15) is 18.1 Å². The molecular weight excluding hydrogens is 348 g/mol. The van der Waals surface area contributed by atoms with Crippen molar-refractivity contribution in [1.82, 2.24) is 0 Å². The van der Waals surface area contributed by atoms with Crippen LogP contribution in [-0.2, 0) is 11.4 Å². The summed E-state index contributed by atoms with van der Waals surface area (Å²) in [6.45, 7) is 0.483. The van der Waals surface area contributed by atoms with Crippen molar-refractivity contribution in [2.24, 2.45) is 0 Å². The third-order valence-corrected chi connectivity index (χ3v) is 4.14. The summed E-state index contributed by atoms with van der Waals surface area (Å²) in [4.78, 5) is 12.2. The molecule has 0 aromatic heterocycles. The van der Waals surface area contributed by atoms with Crippen molar-refractivity contribution < 1.29 is 14.3 Å². The van der Waals surface area contributed by atoms with E-state index >= 15 is 0 Å². The number of carbonyl (C=O) groups is 1. The van der Waals surface area contributed by atoms with E-state index in [0.717, 1.165) is 28.2 Å². The highest BCUT2D eigenvalue weighted by molar-refractivity contribution is 6.04. The van der Waals surface area contributed by atoms with Gasteiger partial charge in [-0.3, -0.25) is 4.79 Å². The third kappa shape index (κ3) is 5.71. The molecule has 0 fully saturated rings. The molecule has 3 rings (SSSR count). The Morgan fingerprint density at radius 3 is 2.25 bits per heavy atom. The molecule has 0 N–H and O–H groups in total. The fraction of sp³-hybridized carbons (Fsp3) is 0.0800. The number of carbonyl (C=O) groups excluding carboxylic acids is 1. The summed E-state index contributed by atoms with van der Waals surface area (Å²) >= 11 is 0. The molecule has 3 heteroatoms. The van der Waals surface area contributed by atoms with E-state index in [1.807, 2.05) is 78.9 Å². The highest BCUT2D eigenvalue weighted by atomic mass is 16.5. The van der Waals surface area contributed by atoms with Gasteiger partial charge in [0, 0.05) is 5.56 Å². The summed E-state index contributed by atoms with van der Waals surface area (Å²) in [6, 6.07) is 25.2. The topological polar surface area (TPSA) is 35.5 Å².